The molecule has 0 aliphatic heterocycles. The zero-order valence-electron chi connectivity index (χ0n) is 7.99. The summed E-state index contributed by atoms with van der Waals surface area (Å²) in [6.45, 7) is 0. The molecule has 0 atom stereocenters. The number of anilines is 1. The molecule has 1 heterocycles. The zero-order chi connectivity index (χ0) is 9.97. The van der Waals surface area contributed by atoms with Crippen LogP contribution in [-0.2, 0) is 0 Å². The summed E-state index contributed by atoms with van der Waals surface area (Å²) in [5, 5.41) is 2.96. The summed E-state index contributed by atoms with van der Waals surface area (Å²) < 4.78 is 5.64. The van der Waals surface area contributed by atoms with Crippen molar-refractivity contribution in [3.05, 3.63) is 18.0 Å². The standard InChI is InChI=1S/C10H12N2O2/c1-11-9-5-12-4-7(6-13)10(9)14-8-2-3-8/h4-6,8,11H,2-3H2,1H3. The van der Waals surface area contributed by atoms with Gasteiger partial charge < -0.3 is 10.1 Å². The minimum Gasteiger partial charge on any atom is -0.487 e. The minimum absolute atomic E-state index is 0.281. The van der Waals surface area contributed by atoms with Gasteiger partial charge in [-0.05, 0) is 12.8 Å². The molecule has 0 saturated heterocycles. The van der Waals surface area contributed by atoms with Crippen molar-refractivity contribution in [3.8, 4) is 5.75 Å². The molecule has 0 aromatic carbocycles. The van der Waals surface area contributed by atoms with Gasteiger partial charge in [-0.1, -0.05) is 0 Å². The highest BCUT2D eigenvalue weighted by atomic mass is 16.5. The van der Waals surface area contributed by atoms with Crippen molar-refractivity contribution in [2.24, 2.45) is 0 Å². The lowest BCUT2D eigenvalue weighted by Crippen LogP contribution is -2.03. The molecule has 4 heteroatoms. The number of pyridine rings is 1. The summed E-state index contributed by atoms with van der Waals surface area (Å²) in [6, 6.07) is 0. The first-order valence-corrected chi connectivity index (χ1v) is 4.62. The Balaban J connectivity index is 2.33. The molecule has 0 amide bonds. The number of nitrogens with zero attached hydrogens (tertiary/aromatic N) is 1. The summed E-state index contributed by atoms with van der Waals surface area (Å²) in [7, 11) is 1.78. The van der Waals surface area contributed by atoms with Crippen LogP contribution in [-0.4, -0.2) is 24.4 Å². The molecule has 0 radical (unpaired) electrons. The molecule has 1 aromatic heterocycles. The second kappa shape index (κ2) is 3.65. The van der Waals surface area contributed by atoms with Gasteiger partial charge in [0.05, 0.1) is 23.6 Å². The fraction of sp³-hybridized carbons (Fsp3) is 0.400. The molecule has 1 aromatic rings. The van der Waals surface area contributed by atoms with E-state index in [-0.39, 0.29) is 6.10 Å². The van der Waals surface area contributed by atoms with E-state index in [0.717, 1.165) is 24.8 Å². The molecule has 0 unspecified atom stereocenters. The van der Waals surface area contributed by atoms with Gasteiger partial charge in [0.25, 0.3) is 0 Å². The van der Waals surface area contributed by atoms with Gasteiger partial charge in [0.1, 0.15) is 0 Å². The van der Waals surface area contributed by atoms with Crippen LogP contribution in [0.1, 0.15) is 23.2 Å². The molecule has 1 aliphatic rings. The predicted octanol–water partition coefficient (Wildman–Crippen LogP) is 1.48. The van der Waals surface area contributed by atoms with Crippen LogP contribution in [0.25, 0.3) is 0 Å². The van der Waals surface area contributed by atoms with Crippen molar-refractivity contribution >= 4 is 12.0 Å². The van der Waals surface area contributed by atoms with Gasteiger partial charge in [-0.25, -0.2) is 0 Å². The predicted molar refractivity (Wildman–Crippen MR) is 52.8 cm³/mol. The highest BCUT2D eigenvalue weighted by molar-refractivity contribution is 5.82. The molecule has 1 N–H and O–H groups in total. The molecule has 4 nitrogen and oxygen atoms in total. The summed E-state index contributed by atoms with van der Waals surface area (Å²) in [5.41, 5.74) is 1.27. The van der Waals surface area contributed by atoms with Gasteiger partial charge in [0, 0.05) is 13.2 Å². The highest BCUT2D eigenvalue weighted by Crippen LogP contribution is 2.33. The van der Waals surface area contributed by atoms with Crippen LogP contribution >= 0.6 is 0 Å². The van der Waals surface area contributed by atoms with Gasteiger partial charge in [-0.2, -0.15) is 0 Å². The SMILES string of the molecule is CNc1cncc(C=O)c1OC1CC1. The lowest BCUT2D eigenvalue weighted by molar-refractivity contribution is 0.111. The summed E-state index contributed by atoms with van der Waals surface area (Å²) >= 11 is 0. The first kappa shape index (κ1) is 8.99. The average molecular weight is 192 g/mol. The molecule has 0 bridgehead atoms. The molecule has 14 heavy (non-hydrogen) atoms. The van der Waals surface area contributed by atoms with Crippen LogP contribution in [0.3, 0.4) is 0 Å². The van der Waals surface area contributed by atoms with E-state index >= 15 is 0 Å². The van der Waals surface area contributed by atoms with E-state index in [0.29, 0.717) is 11.3 Å². The Morgan fingerprint density at radius 2 is 2.36 bits per heavy atom. The Bertz CT molecular complexity index is 348. The van der Waals surface area contributed by atoms with E-state index in [4.69, 9.17) is 4.74 Å². The minimum atomic E-state index is 0.281. The second-order valence-electron chi connectivity index (χ2n) is 3.29. The Hall–Kier alpha value is -1.58. The quantitative estimate of drug-likeness (QED) is 0.734. The Morgan fingerprint density at radius 3 is 2.93 bits per heavy atom. The number of ether oxygens (including phenoxy) is 1. The topological polar surface area (TPSA) is 51.2 Å². The number of carbonyl (C=O) groups is 1. The molecule has 0 spiro atoms. The zero-order valence-corrected chi connectivity index (χ0v) is 7.99. The monoisotopic (exact) mass is 192 g/mol. The lowest BCUT2D eigenvalue weighted by atomic mass is 10.2. The average Bonchev–Trinajstić information content (AvgIpc) is 3.02. The van der Waals surface area contributed by atoms with Crippen LogP contribution in [0, 0.1) is 0 Å². The molecule has 74 valence electrons. The van der Waals surface area contributed by atoms with Crippen LogP contribution < -0.4 is 10.1 Å². The van der Waals surface area contributed by atoms with E-state index < -0.39 is 0 Å². The van der Waals surface area contributed by atoms with E-state index in [1.807, 2.05) is 0 Å². The number of aromatic nitrogens is 1. The smallest absolute Gasteiger partial charge is 0.156 e. The largest absolute Gasteiger partial charge is 0.487 e. The van der Waals surface area contributed by atoms with E-state index in [1.54, 1.807) is 13.2 Å². The number of hydrogen-bond donors (Lipinski definition) is 1. The molecular formula is C10H12N2O2. The number of aldehydes is 1. The number of nitrogens with one attached hydrogen (secondary N) is 1. The maximum absolute atomic E-state index is 10.7. The summed E-state index contributed by atoms with van der Waals surface area (Å²) in [5.74, 6) is 0.625. The van der Waals surface area contributed by atoms with E-state index in [1.165, 1.54) is 6.20 Å². The van der Waals surface area contributed by atoms with Crippen molar-refractivity contribution in [1.29, 1.82) is 0 Å². The normalized spacial score (nSPS) is 14.9. The Kier molecular flexibility index (Phi) is 2.35. The third-order valence-electron chi connectivity index (χ3n) is 2.13. The highest BCUT2D eigenvalue weighted by Gasteiger charge is 2.25. The third kappa shape index (κ3) is 1.69. The fourth-order valence-electron chi connectivity index (χ4n) is 1.21. The maximum Gasteiger partial charge on any atom is 0.156 e. The van der Waals surface area contributed by atoms with Gasteiger partial charge in [0.2, 0.25) is 0 Å². The van der Waals surface area contributed by atoms with Crippen molar-refractivity contribution in [2.75, 3.05) is 12.4 Å². The van der Waals surface area contributed by atoms with E-state index in [9.17, 15) is 4.79 Å². The van der Waals surface area contributed by atoms with Crippen LogP contribution in [0.5, 0.6) is 5.75 Å². The number of hydrogen-bond acceptors (Lipinski definition) is 4. The Labute approximate surface area is 82.3 Å². The molecular weight excluding hydrogens is 180 g/mol. The first-order valence-electron chi connectivity index (χ1n) is 4.62. The Morgan fingerprint density at radius 1 is 1.57 bits per heavy atom. The number of rotatable bonds is 4. The fourth-order valence-corrected chi connectivity index (χ4v) is 1.21. The van der Waals surface area contributed by atoms with Crippen molar-refractivity contribution < 1.29 is 9.53 Å². The van der Waals surface area contributed by atoms with Crippen molar-refractivity contribution in [2.45, 2.75) is 18.9 Å². The number of carbonyl (C=O) groups excluding carboxylic acids is 1. The summed E-state index contributed by atoms with van der Waals surface area (Å²) in [6.07, 6.45) is 6.37. The maximum atomic E-state index is 10.7. The summed E-state index contributed by atoms with van der Waals surface area (Å²) in [4.78, 5) is 14.7. The first-order chi connectivity index (χ1) is 6.85. The third-order valence-corrected chi connectivity index (χ3v) is 2.13. The molecule has 1 saturated carbocycles. The second-order valence-corrected chi connectivity index (χ2v) is 3.29. The van der Waals surface area contributed by atoms with Gasteiger partial charge in [-0.15, -0.1) is 0 Å². The molecule has 1 fully saturated rings. The van der Waals surface area contributed by atoms with Gasteiger partial charge in [0.15, 0.2) is 12.0 Å². The van der Waals surface area contributed by atoms with Crippen molar-refractivity contribution in [3.63, 3.8) is 0 Å². The van der Waals surface area contributed by atoms with Crippen LogP contribution in [0.15, 0.2) is 12.4 Å². The molecule has 1 aliphatic carbocycles. The van der Waals surface area contributed by atoms with Gasteiger partial charge >= 0.3 is 0 Å². The van der Waals surface area contributed by atoms with Crippen LogP contribution in [0.4, 0.5) is 5.69 Å². The van der Waals surface area contributed by atoms with E-state index in [2.05, 4.69) is 10.3 Å². The molecule has 2 rings (SSSR count). The van der Waals surface area contributed by atoms with Crippen molar-refractivity contribution in [1.82, 2.24) is 4.98 Å². The lowest BCUT2D eigenvalue weighted by Gasteiger charge is -2.11. The van der Waals surface area contributed by atoms with Gasteiger partial charge in [-0.3, -0.25) is 9.78 Å². The van der Waals surface area contributed by atoms with Crippen LogP contribution in [0.2, 0.25) is 0 Å².